The van der Waals surface area contributed by atoms with Gasteiger partial charge < -0.3 is 20.1 Å². The number of nitrogens with zero attached hydrogens (tertiary/aromatic N) is 1. The minimum Gasteiger partial charge on any atom is -0.381 e. The van der Waals surface area contributed by atoms with Crippen LogP contribution in [-0.2, 0) is 22.6 Å². The van der Waals surface area contributed by atoms with Gasteiger partial charge in [0.25, 0.3) is 0 Å². The lowest BCUT2D eigenvalue weighted by Crippen LogP contribution is -2.42. The van der Waals surface area contributed by atoms with Crippen LogP contribution >= 0.6 is 0 Å². The molecule has 5 heteroatoms. The summed E-state index contributed by atoms with van der Waals surface area (Å²) in [5.74, 6) is 1.62. The average molecular weight is 390 g/mol. The Morgan fingerprint density at radius 3 is 2.64 bits per heavy atom. The lowest BCUT2D eigenvalue weighted by Gasteiger charge is -2.22. The van der Waals surface area contributed by atoms with Gasteiger partial charge in [-0.15, -0.1) is 0 Å². The molecule has 1 unspecified atom stereocenters. The van der Waals surface area contributed by atoms with Crippen molar-refractivity contribution in [2.75, 3.05) is 19.8 Å². The first-order chi connectivity index (χ1) is 13.6. The van der Waals surface area contributed by atoms with E-state index in [2.05, 4.69) is 62.6 Å². The minimum atomic E-state index is 0.326. The lowest BCUT2D eigenvalue weighted by atomic mass is 10.0. The second-order valence-electron chi connectivity index (χ2n) is 8.15. The van der Waals surface area contributed by atoms with Crippen molar-refractivity contribution in [3.63, 3.8) is 0 Å². The Morgan fingerprint density at radius 1 is 1.18 bits per heavy atom. The van der Waals surface area contributed by atoms with Gasteiger partial charge in [-0.25, -0.2) is 4.99 Å². The molecule has 1 aromatic carbocycles. The third-order valence-corrected chi connectivity index (χ3v) is 4.97. The van der Waals surface area contributed by atoms with Crippen LogP contribution in [0.3, 0.4) is 0 Å². The highest BCUT2D eigenvalue weighted by molar-refractivity contribution is 5.80. The number of ether oxygens (including phenoxy) is 2. The van der Waals surface area contributed by atoms with Gasteiger partial charge in [0.15, 0.2) is 5.96 Å². The number of nitrogens with one attached hydrogen (secondary N) is 2. The molecule has 2 rings (SSSR count). The molecule has 2 N–H and O–H groups in total. The van der Waals surface area contributed by atoms with Gasteiger partial charge >= 0.3 is 0 Å². The molecule has 1 saturated heterocycles. The largest absolute Gasteiger partial charge is 0.381 e. The first kappa shape index (κ1) is 22.7. The number of hydrogen-bond donors (Lipinski definition) is 2. The van der Waals surface area contributed by atoms with Gasteiger partial charge in [0, 0.05) is 25.8 Å². The standard InChI is InChI=1S/C23H39N3O2/c1-5-24-23(26-19(4)10-9-18(2)3)25-16-20-7-6-8-21(15-20)17-28-22-11-13-27-14-12-22/h6-8,15,18-19,22H,5,9-14,16-17H2,1-4H3,(H2,24,25,26). The van der Waals surface area contributed by atoms with Crippen molar-refractivity contribution in [3.05, 3.63) is 35.4 Å². The molecule has 1 atom stereocenters. The molecule has 0 aliphatic carbocycles. The summed E-state index contributed by atoms with van der Waals surface area (Å²) in [5, 5.41) is 6.89. The van der Waals surface area contributed by atoms with Gasteiger partial charge in [0.05, 0.1) is 19.3 Å². The number of rotatable bonds is 10. The maximum atomic E-state index is 6.05. The fourth-order valence-electron chi connectivity index (χ4n) is 3.25. The molecule has 5 nitrogen and oxygen atoms in total. The Morgan fingerprint density at radius 2 is 1.93 bits per heavy atom. The van der Waals surface area contributed by atoms with E-state index in [1.165, 1.54) is 17.5 Å². The molecular weight excluding hydrogens is 350 g/mol. The van der Waals surface area contributed by atoms with Crippen LogP contribution in [0, 0.1) is 5.92 Å². The Kier molecular flexibility index (Phi) is 10.4. The summed E-state index contributed by atoms with van der Waals surface area (Å²) in [7, 11) is 0. The maximum absolute atomic E-state index is 6.05. The van der Waals surface area contributed by atoms with Crippen molar-refractivity contribution in [1.29, 1.82) is 0 Å². The summed E-state index contributed by atoms with van der Waals surface area (Å²) >= 11 is 0. The van der Waals surface area contributed by atoms with Crippen LogP contribution in [0.15, 0.2) is 29.3 Å². The first-order valence-corrected chi connectivity index (χ1v) is 10.9. The van der Waals surface area contributed by atoms with Crippen molar-refractivity contribution in [3.8, 4) is 0 Å². The van der Waals surface area contributed by atoms with E-state index in [1.807, 2.05) is 0 Å². The summed E-state index contributed by atoms with van der Waals surface area (Å²) in [4.78, 5) is 4.78. The summed E-state index contributed by atoms with van der Waals surface area (Å²) in [5.41, 5.74) is 2.42. The Balaban J connectivity index is 1.86. The van der Waals surface area contributed by atoms with Gasteiger partial charge in [0.2, 0.25) is 0 Å². The predicted molar refractivity (Wildman–Crippen MR) is 117 cm³/mol. The minimum absolute atomic E-state index is 0.326. The Hall–Kier alpha value is -1.59. The van der Waals surface area contributed by atoms with Crippen molar-refractivity contribution < 1.29 is 9.47 Å². The van der Waals surface area contributed by atoms with Crippen LogP contribution in [0.25, 0.3) is 0 Å². The van der Waals surface area contributed by atoms with Crippen LogP contribution in [0.4, 0.5) is 0 Å². The van der Waals surface area contributed by atoms with Crippen LogP contribution in [0.1, 0.15) is 64.5 Å². The fourth-order valence-corrected chi connectivity index (χ4v) is 3.25. The highest BCUT2D eigenvalue weighted by Crippen LogP contribution is 2.14. The van der Waals surface area contributed by atoms with Crippen LogP contribution in [-0.4, -0.2) is 37.9 Å². The fraction of sp³-hybridized carbons (Fsp3) is 0.696. The Bertz CT molecular complexity index is 583. The lowest BCUT2D eigenvalue weighted by molar-refractivity contribution is -0.0390. The molecule has 1 aliphatic heterocycles. The number of hydrogen-bond acceptors (Lipinski definition) is 3. The molecule has 1 heterocycles. The number of aliphatic imine (C=N–C) groups is 1. The van der Waals surface area contributed by atoms with E-state index in [1.54, 1.807) is 0 Å². The van der Waals surface area contributed by atoms with Gasteiger partial charge in [0.1, 0.15) is 0 Å². The van der Waals surface area contributed by atoms with Gasteiger partial charge in [-0.3, -0.25) is 0 Å². The van der Waals surface area contributed by atoms with Crippen LogP contribution < -0.4 is 10.6 Å². The van der Waals surface area contributed by atoms with E-state index < -0.39 is 0 Å². The van der Waals surface area contributed by atoms with E-state index in [-0.39, 0.29) is 0 Å². The molecule has 0 spiro atoms. The number of benzene rings is 1. The van der Waals surface area contributed by atoms with Crippen LogP contribution in [0.2, 0.25) is 0 Å². The van der Waals surface area contributed by atoms with E-state index >= 15 is 0 Å². The summed E-state index contributed by atoms with van der Waals surface area (Å²) < 4.78 is 11.4. The van der Waals surface area contributed by atoms with Gasteiger partial charge in [-0.2, -0.15) is 0 Å². The van der Waals surface area contributed by atoms with E-state index in [0.717, 1.165) is 50.9 Å². The molecule has 1 fully saturated rings. The molecule has 0 bridgehead atoms. The molecule has 28 heavy (non-hydrogen) atoms. The summed E-state index contributed by atoms with van der Waals surface area (Å²) in [6.45, 7) is 12.7. The predicted octanol–water partition coefficient (Wildman–Crippen LogP) is 4.26. The molecular formula is C23H39N3O2. The van der Waals surface area contributed by atoms with Gasteiger partial charge in [-0.1, -0.05) is 38.1 Å². The second kappa shape index (κ2) is 12.8. The zero-order valence-electron chi connectivity index (χ0n) is 18.2. The highest BCUT2D eigenvalue weighted by atomic mass is 16.5. The highest BCUT2D eigenvalue weighted by Gasteiger charge is 2.14. The van der Waals surface area contributed by atoms with E-state index in [0.29, 0.717) is 25.3 Å². The monoisotopic (exact) mass is 389 g/mol. The first-order valence-electron chi connectivity index (χ1n) is 10.9. The van der Waals surface area contributed by atoms with Crippen molar-refractivity contribution in [2.45, 2.75) is 78.7 Å². The zero-order valence-corrected chi connectivity index (χ0v) is 18.2. The SMILES string of the molecule is CCNC(=NCc1cccc(COC2CCOCC2)c1)NC(C)CCC(C)C. The van der Waals surface area contributed by atoms with Crippen molar-refractivity contribution in [2.24, 2.45) is 10.9 Å². The Labute approximate surface area is 171 Å². The van der Waals surface area contributed by atoms with E-state index in [4.69, 9.17) is 14.5 Å². The smallest absolute Gasteiger partial charge is 0.191 e. The second-order valence-corrected chi connectivity index (χ2v) is 8.15. The summed E-state index contributed by atoms with van der Waals surface area (Å²) in [6.07, 6.45) is 4.70. The van der Waals surface area contributed by atoms with Crippen molar-refractivity contribution in [1.82, 2.24) is 10.6 Å². The third kappa shape index (κ3) is 9.07. The molecule has 0 radical (unpaired) electrons. The molecule has 0 saturated carbocycles. The average Bonchev–Trinajstić information content (AvgIpc) is 2.70. The molecule has 158 valence electrons. The van der Waals surface area contributed by atoms with Gasteiger partial charge in [-0.05, 0) is 56.6 Å². The maximum Gasteiger partial charge on any atom is 0.191 e. The normalized spacial score (nSPS) is 17.0. The van der Waals surface area contributed by atoms with Crippen LogP contribution in [0.5, 0.6) is 0 Å². The molecule has 0 aromatic heterocycles. The molecule has 1 aromatic rings. The summed E-state index contributed by atoms with van der Waals surface area (Å²) in [6, 6.07) is 8.98. The number of guanidine groups is 1. The quantitative estimate of drug-likeness (QED) is 0.464. The third-order valence-electron chi connectivity index (χ3n) is 4.97. The molecule has 0 amide bonds. The zero-order chi connectivity index (χ0) is 20.2. The van der Waals surface area contributed by atoms with E-state index in [9.17, 15) is 0 Å². The molecule has 1 aliphatic rings. The topological polar surface area (TPSA) is 54.9 Å². The van der Waals surface area contributed by atoms with Crippen molar-refractivity contribution >= 4 is 5.96 Å².